The maximum absolute atomic E-state index is 4.48. The lowest BCUT2D eigenvalue weighted by Gasteiger charge is -2.10. The summed E-state index contributed by atoms with van der Waals surface area (Å²) in [5.41, 5.74) is 0. The minimum Gasteiger partial charge on any atom is -0.366 e. The lowest BCUT2D eigenvalue weighted by Crippen LogP contribution is -2.15. The van der Waals surface area contributed by atoms with Crippen molar-refractivity contribution in [3.05, 3.63) is 12.3 Å². The Bertz CT molecular complexity index is 284. The Morgan fingerprint density at radius 2 is 2.14 bits per heavy atom. The lowest BCUT2D eigenvalue weighted by atomic mass is 10.2. The van der Waals surface area contributed by atoms with E-state index in [-0.39, 0.29) is 0 Å². The van der Waals surface area contributed by atoms with Crippen LogP contribution in [0.15, 0.2) is 12.3 Å². The van der Waals surface area contributed by atoms with Crippen LogP contribution in [0.2, 0.25) is 0 Å². The molecule has 0 radical (unpaired) electrons. The molecule has 1 heterocycles. The molecule has 1 saturated carbocycles. The average Bonchev–Trinajstić information content (AvgIpc) is 2.75. The molecule has 78 valence electrons. The maximum Gasteiger partial charge on any atom is 0.148 e. The van der Waals surface area contributed by atoms with Crippen LogP contribution in [0.25, 0.3) is 0 Å². The van der Waals surface area contributed by atoms with Gasteiger partial charge in [-0.3, -0.25) is 4.68 Å². The summed E-state index contributed by atoms with van der Waals surface area (Å²) in [6, 6.07) is 3.18. The second-order valence-corrected chi connectivity index (χ2v) is 4.40. The second-order valence-electron chi connectivity index (χ2n) is 4.40. The summed E-state index contributed by atoms with van der Waals surface area (Å²) in [5, 5.41) is 7.96. The molecule has 0 saturated heterocycles. The summed E-state index contributed by atoms with van der Waals surface area (Å²) in [6.45, 7) is 4.29. The van der Waals surface area contributed by atoms with Crippen molar-refractivity contribution in [2.24, 2.45) is 0 Å². The van der Waals surface area contributed by atoms with Gasteiger partial charge >= 0.3 is 0 Å². The van der Waals surface area contributed by atoms with E-state index in [4.69, 9.17) is 0 Å². The predicted octanol–water partition coefficient (Wildman–Crippen LogP) is 2.82. The summed E-state index contributed by atoms with van der Waals surface area (Å²) in [5.74, 6) is 1.03. The molecule has 0 bridgehead atoms. The molecular weight excluding hydrogens is 174 g/mol. The second kappa shape index (κ2) is 4.03. The maximum atomic E-state index is 4.48. The predicted molar refractivity (Wildman–Crippen MR) is 58.5 cm³/mol. The molecule has 1 aromatic rings. The van der Waals surface area contributed by atoms with Crippen LogP contribution in [-0.4, -0.2) is 15.8 Å². The standard InChI is InChI=1S/C11H19N3/c1-9(2)14-8-7-11(13-14)12-10-5-3-4-6-10/h7-10H,3-6H2,1-2H3,(H,12,13). The zero-order valence-corrected chi connectivity index (χ0v) is 9.03. The van der Waals surface area contributed by atoms with Gasteiger partial charge in [-0.2, -0.15) is 5.10 Å². The molecule has 1 aliphatic rings. The highest BCUT2D eigenvalue weighted by Gasteiger charge is 2.15. The Kier molecular flexibility index (Phi) is 2.75. The molecule has 1 fully saturated rings. The van der Waals surface area contributed by atoms with E-state index in [1.807, 2.05) is 10.9 Å². The summed E-state index contributed by atoms with van der Waals surface area (Å²) >= 11 is 0. The molecule has 14 heavy (non-hydrogen) atoms. The van der Waals surface area contributed by atoms with Gasteiger partial charge in [-0.25, -0.2) is 0 Å². The highest BCUT2D eigenvalue weighted by molar-refractivity contribution is 5.33. The zero-order valence-electron chi connectivity index (χ0n) is 9.03. The van der Waals surface area contributed by atoms with Crippen molar-refractivity contribution in [3.8, 4) is 0 Å². The van der Waals surface area contributed by atoms with Gasteiger partial charge in [0.2, 0.25) is 0 Å². The highest BCUT2D eigenvalue weighted by atomic mass is 15.3. The minimum atomic E-state index is 0.453. The number of aromatic nitrogens is 2. The molecule has 0 amide bonds. The molecular formula is C11H19N3. The van der Waals surface area contributed by atoms with Crippen molar-refractivity contribution in [2.75, 3.05) is 5.32 Å². The monoisotopic (exact) mass is 193 g/mol. The van der Waals surface area contributed by atoms with Crippen molar-refractivity contribution in [1.82, 2.24) is 9.78 Å². The van der Waals surface area contributed by atoms with Gasteiger partial charge in [-0.15, -0.1) is 0 Å². The van der Waals surface area contributed by atoms with E-state index in [1.54, 1.807) is 0 Å². The van der Waals surface area contributed by atoms with E-state index in [1.165, 1.54) is 25.7 Å². The van der Waals surface area contributed by atoms with Gasteiger partial charge in [0.05, 0.1) is 0 Å². The molecule has 2 rings (SSSR count). The first-order chi connectivity index (χ1) is 6.75. The molecule has 0 spiro atoms. The smallest absolute Gasteiger partial charge is 0.148 e. The Morgan fingerprint density at radius 3 is 2.71 bits per heavy atom. The SMILES string of the molecule is CC(C)n1ccc(NC2CCCC2)n1. The first kappa shape index (κ1) is 9.56. The van der Waals surface area contributed by atoms with E-state index < -0.39 is 0 Å². The molecule has 3 heteroatoms. The summed E-state index contributed by atoms with van der Waals surface area (Å²) in [7, 11) is 0. The molecule has 0 atom stereocenters. The van der Waals surface area contributed by atoms with Crippen LogP contribution in [0.3, 0.4) is 0 Å². The highest BCUT2D eigenvalue weighted by Crippen LogP contribution is 2.21. The molecule has 1 aliphatic carbocycles. The first-order valence-corrected chi connectivity index (χ1v) is 5.57. The number of nitrogens with zero attached hydrogens (tertiary/aromatic N) is 2. The fourth-order valence-electron chi connectivity index (χ4n) is 1.98. The van der Waals surface area contributed by atoms with Crippen LogP contribution in [0, 0.1) is 0 Å². The fourth-order valence-corrected chi connectivity index (χ4v) is 1.98. The summed E-state index contributed by atoms with van der Waals surface area (Å²) in [6.07, 6.45) is 7.37. The van der Waals surface area contributed by atoms with Gasteiger partial charge in [0.1, 0.15) is 5.82 Å². The molecule has 0 unspecified atom stereocenters. The zero-order chi connectivity index (χ0) is 9.97. The van der Waals surface area contributed by atoms with Crippen molar-refractivity contribution in [1.29, 1.82) is 0 Å². The number of rotatable bonds is 3. The molecule has 1 aromatic heterocycles. The average molecular weight is 193 g/mol. The van der Waals surface area contributed by atoms with Crippen molar-refractivity contribution in [3.63, 3.8) is 0 Å². The van der Waals surface area contributed by atoms with Gasteiger partial charge in [-0.05, 0) is 26.7 Å². The molecule has 1 N–H and O–H groups in total. The van der Waals surface area contributed by atoms with Crippen LogP contribution in [0.1, 0.15) is 45.6 Å². The Balaban J connectivity index is 1.95. The largest absolute Gasteiger partial charge is 0.366 e. The summed E-state index contributed by atoms with van der Waals surface area (Å²) < 4.78 is 2.00. The van der Waals surface area contributed by atoms with Crippen LogP contribution in [0.4, 0.5) is 5.82 Å². The first-order valence-electron chi connectivity index (χ1n) is 5.57. The van der Waals surface area contributed by atoms with Gasteiger partial charge in [0.15, 0.2) is 0 Å². The third-order valence-corrected chi connectivity index (χ3v) is 2.84. The Hall–Kier alpha value is -0.990. The van der Waals surface area contributed by atoms with Crippen molar-refractivity contribution < 1.29 is 0 Å². The molecule has 0 aromatic carbocycles. The van der Waals surface area contributed by atoms with E-state index in [0.717, 1.165) is 5.82 Å². The van der Waals surface area contributed by atoms with Gasteiger partial charge in [-0.1, -0.05) is 12.8 Å². The molecule has 0 aliphatic heterocycles. The van der Waals surface area contributed by atoms with Crippen LogP contribution < -0.4 is 5.32 Å². The fraction of sp³-hybridized carbons (Fsp3) is 0.727. The lowest BCUT2D eigenvalue weighted by molar-refractivity contribution is 0.533. The number of nitrogens with one attached hydrogen (secondary N) is 1. The van der Waals surface area contributed by atoms with Gasteiger partial charge < -0.3 is 5.32 Å². The van der Waals surface area contributed by atoms with Crippen LogP contribution in [-0.2, 0) is 0 Å². The number of hydrogen-bond donors (Lipinski definition) is 1. The third kappa shape index (κ3) is 2.08. The molecule has 3 nitrogen and oxygen atoms in total. The normalized spacial score (nSPS) is 17.9. The third-order valence-electron chi connectivity index (χ3n) is 2.84. The Morgan fingerprint density at radius 1 is 1.43 bits per heavy atom. The van der Waals surface area contributed by atoms with Crippen LogP contribution >= 0.6 is 0 Å². The van der Waals surface area contributed by atoms with E-state index in [0.29, 0.717) is 12.1 Å². The quantitative estimate of drug-likeness (QED) is 0.800. The van der Waals surface area contributed by atoms with E-state index in [2.05, 4.69) is 30.3 Å². The van der Waals surface area contributed by atoms with Crippen molar-refractivity contribution in [2.45, 2.75) is 51.6 Å². The summed E-state index contributed by atoms with van der Waals surface area (Å²) in [4.78, 5) is 0. The minimum absolute atomic E-state index is 0.453. The Labute approximate surface area is 85.5 Å². The van der Waals surface area contributed by atoms with E-state index in [9.17, 15) is 0 Å². The van der Waals surface area contributed by atoms with Gasteiger partial charge in [0, 0.05) is 24.3 Å². The van der Waals surface area contributed by atoms with Crippen LogP contribution in [0.5, 0.6) is 0 Å². The topological polar surface area (TPSA) is 29.9 Å². The van der Waals surface area contributed by atoms with E-state index >= 15 is 0 Å². The van der Waals surface area contributed by atoms with Crippen molar-refractivity contribution >= 4 is 5.82 Å². The van der Waals surface area contributed by atoms with Gasteiger partial charge in [0.25, 0.3) is 0 Å². The number of hydrogen-bond acceptors (Lipinski definition) is 2. The number of anilines is 1.